The molecule has 1 amide bonds. The molecule has 0 unspecified atom stereocenters. The van der Waals surface area contributed by atoms with Crippen LogP contribution in [0.15, 0.2) is 18.2 Å². The van der Waals surface area contributed by atoms with Gasteiger partial charge in [-0.3, -0.25) is 4.79 Å². The van der Waals surface area contributed by atoms with Gasteiger partial charge in [0.05, 0.1) is 12.2 Å². The van der Waals surface area contributed by atoms with Crippen molar-refractivity contribution in [3.8, 4) is 12.3 Å². The van der Waals surface area contributed by atoms with Gasteiger partial charge in [-0.05, 0) is 18.2 Å². The molecule has 0 saturated carbocycles. The van der Waals surface area contributed by atoms with Gasteiger partial charge in [0, 0.05) is 12.6 Å². The fraction of sp³-hybridized carbons (Fsp3) is 0.182. The minimum Gasteiger partial charge on any atom is -0.372 e. The van der Waals surface area contributed by atoms with Gasteiger partial charge in [0.25, 0.3) is 0 Å². The zero-order valence-electron chi connectivity index (χ0n) is 8.30. The molecule has 0 aromatic heterocycles. The Morgan fingerprint density at radius 1 is 1.60 bits per heavy atom. The van der Waals surface area contributed by atoms with Crippen molar-refractivity contribution in [2.24, 2.45) is 0 Å². The Bertz CT molecular complexity index is 410. The number of anilines is 2. The van der Waals surface area contributed by atoms with E-state index in [2.05, 4.69) is 16.6 Å². The van der Waals surface area contributed by atoms with E-state index in [9.17, 15) is 9.18 Å². The third-order valence-electron chi connectivity index (χ3n) is 1.67. The topological polar surface area (TPSA) is 41.1 Å². The third-order valence-corrected chi connectivity index (χ3v) is 1.67. The molecule has 0 aliphatic rings. The molecule has 0 saturated heterocycles. The highest BCUT2D eigenvalue weighted by atomic mass is 19.1. The molecule has 15 heavy (non-hydrogen) atoms. The van der Waals surface area contributed by atoms with Gasteiger partial charge in [0.1, 0.15) is 5.82 Å². The molecular weight excluding hydrogens is 195 g/mol. The van der Waals surface area contributed by atoms with E-state index in [0.717, 1.165) is 0 Å². The van der Waals surface area contributed by atoms with Crippen LogP contribution in [0.25, 0.3) is 0 Å². The molecule has 0 radical (unpaired) electrons. The van der Waals surface area contributed by atoms with Crippen LogP contribution < -0.4 is 10.6 Å². The summed E-state index contributed by atoms with van der Waals surface area (Å²) in [5.74, 6) is 1.73. The van der Waals surface area contributed by atoms with Crippen molar-refractivity contribution in [2.45, 2.75) is 6.92 Å². The Morgan fingerprint density at radius 2 is 2.33 bits per heavy atom. The lowest BCUT2D eigenvalue weighted by atomic mass is 10.2. The average molecular weight is 206 g/mol. The number of rotatable bonds is 3. The van der Waals surface area contributed by atoms with Crippen LogP contribution in [0.4, 0.5) is 15.8 Å². The van der Waals surface area contributed by atoms with Gasteiger partial charge in [-0.25, -0.2) is 4.39 Å². The number of amides is 1. The molecule has 1 aromatic carbocycles. The molecule has 4 heteroatoms. The first-order chi connectivity index (χ1) is 7.13. The highest BCUT2D eigenvalue weighted by Gasteiger charge is 2.03. The Hall–Kier alpha value is -2.02. The van der Waals surface area contributed by atoms with Gasteiger partial charge in [0.2, 0.25) is 5.91 Å². The van der Waals surface area contributed by atoms with E-state index in [4.69, 9.17) is 6.42 Å². The Kier molecular flexibility index (Phi) is 3.69. The Labute approximate surface area is 87.7 Å². The van der Waals surface area contributed by atoms with E-state index in [1.807, 2.05) is 0 Å². The van der Waals surface area contributed by atoms with E-state index in [1.54, 1.807) is 0 Å². The van der Waals surface area contributed by atoms with Crippen LogP contribution in [0.2, 0.25) is 0 Å². The summed E-state index contributed by atoms with van der Waals surface area (Å²) in [4.78, 5) is 10.8. The third kappa shape index (κ3) is 3.31. The van der Waals surface area contributed by atoms with Gasteiger partial charge in [0.15, 0.2) is 0 Å². The zero-order chi connectivity index (χ0) is 11.3. The van der Waals surface area contributed by atoms with Crippen LogP contribution in [0.1, 0.15) is 6.92 Å². The SMILES string of the molecule is C#CCNc1cc(NC(C)=O)ccc1F. The lowest BCUT2D eigenvalue weighted by molar-refractivity contribution is -0.114. The van der Waals surface area contributed by atoms with E-state index >= 15 is 0 Å². The van der Waals surface area contributed by atoms with Crippen LogP contribution in [0.3, 0.4) is 0 Å². The monoisotopic (exact) mass is 206 g/mol. The first-order valence-corrected chi connectivity index (χ1v) is 4.38. The number of terminal acetylenes is 1. The maximum absolute atomic E-state index is 13.2. The summed E-state index contributed by atoms with van der Waals surface area (Å²) in [5.41, 5.74) is 0.808. The summed E-state index contributed by atoms with van der Waals surface area (Å²) in [6.07, 6.45) is 5.04. The molecule has 2 N–H and O–H groups in total. The average Bonchev–Trinajstić information content (AvgIpc) is 2.18. The first-order valence-electron chi connectivity index (χ1n) is 4.38. The molecule has 1 rings (SSSR count). The Morgan fingerprint density at radius 3 is 2.93 bits per heavy atom. The van der Waals surface area contributed by atoms with E-state index in [-0.39, 0.29) is 18.1 Å². The van der Waals surface area contributed by atoms with Crippen molar-refractivity contribution >= 4 is 17.3 Å². The molecule has 0 fully saturated rings. The normalized spacial score (nSPS) is 9.13. The molecular formula is C11H11FN2O. The standard InChI is InChI=1S/C11H11FN2O/c1-3-6-13-11-7-9(14-8(2)15)4-5-10(11)12/h1,4-5,7,13H,6H2,2H3,(H,14,15). The van der Waals surface area contributed by atoms with Crippen molar-refractivity contribution in [3.63, 3.8) is 0 Å². The second-order valence-corrected chi connectivity index (χ2v) is 2.93. The van der Waals surface area contributed by atoms with Crippen LogP contribution in [0.5, 0.6) is 0 Å². The number of benzene rings is 1. The van der Waals surface area contributed by atoms with Gasteiger partial charge < -0.3 is 10.6 Å². The minimum absolute atomic E-state index is 0.204. The molecule has 0 aliphatic heterocycles. The van der Waals surface area contributed by atoms with E-state index in [1.165, 1.54) is 25.1 Å². The predicted octanol–water partition coefficient (Wildman–Crippen LogP) is 1.83. The van der Waals surface area contributed by atoms with Crippen LogP contribution >= 0.6 is 0 Å². The van der Waals surface area contributed by atoms with E-state index in [0.29, 0.717) is 5.69 Å². The minimum atomic E-state index is -0.403. The van der Waals surface area contributed by atoms with Crippen molar-refractivity contribution < 1.29 is 9.18 Å². The van der Waals surface area contributed by atoms with Crippen molar-refractivity contribution in [3.05, 3.63) is 24.0 Å². The maximum atomic E-state index is 13.2. The summed E-state index contributed by atoms with van der Waals surface area (Å²) in [7, 11) is 0. The molecule has 0 atom stereocenters. The summed E-state index contributed by atoms with van der Waals surface area (Å²) in [6.45, 7) is 1.62. The number of carbonyl (C=O) groups is 1. The maximum Gasteiger partial charge on any atom is 0.221 e. The fourth-order valence-electron chi connectivity index (χ4n) is 1.09. The van der Waals surface area contributed by atoms with Crippen molar-refractivity contribution in [1.82, 2.24) is 0 Å². The number of nitrogens with one attached hydrogen (secondary N) is 2. The fourth-order valence-corrected chi connectivity index (χ4v) is 1.09. The number of carbonyl (C=O) groups excluding carboxylic acids is 1. The van der Waals surface area contributed by atoms with E-state index < -0.39 is 5.82 Å². The highest BCUT2D eigenvalue weighted by Crippen LogP contribution is 2.19. The second-order valence-electron chi connectivity index (χ2n) is 2.93. The summed E-state index contributed by atoms with van der Waals surface area (Å²) in [5, 5.41) is 5.27. The van der Waals surface area contributed by atoms with Gasteiger partial charge in [-0.15, -0.1) is 6.42 Å². The molecule has 0 bridgehead atoms. The highest BCUT2D eigenvalue weighted by molar-refractivity contribution is 5.89. The summed E-state index contributed by atoms with van der Waals surface area (Å²) >= 11 is 0. The number of hydrogen-bond donors (Lipinski definition) is 2. The molecule has 3 nitrogen and oxygen atoms in total. The zero-order valence-corrected chi connectivity index (χ0v) is 8.30. The van der Waals surface area contributed by atoms with Gasteiger partial charge in [-0.1, -0.05) is 5.92 Å². The van der Waals surface area contributed by atoms with Gasteiger partial charge >= 0.3 is 0 Å². The van der Waals surface area contributed by atoms with Crippen molar-refractivity contribution in [2.75, 3.05) is 17.2 Å². The largest absolute Gasteiger partial charge is 0.372 e. The van der Waals surface area contributed by atoms with Crippen molar-refractivity contribution in [1.29, 1.82) is 0 Å². The van der Waals surface area contributed by atoms with Gasteiger partial charge in [-0.2, -0.15) is 0 Å². The lowest BCUT2D eigenvalue weighted by Gasteiger charge is -2.07. The van der Waals surface area contributed by atoms with Crippen LogP contribution in [-0.2, 0) is 4.79 Å². The molecule has 0 spiro atoms. The molecule has 0 heterocycles. The second kappa shape index (κ2) is 5.01. The number of halogens is 1. The van der Waals surface area contributed by atoms with Crippen LogP contribution in [-0.4, -0.2) is 12.5 Å². The quantitative estimate of drug-likeness (QED) is 0.741. The molecule has 1 aromatic rings. The Balaban J connectivity index is 2.85. The lowest BCUT2D eigenvalue weighted by Crippen LogP contribution is -2.07. The molecule has 0 aliphatic carbocycles. The summed E-state index contributed by atoms with van der Waals surface area (Å²) in [6, 6.07) is 4.25. The predicted molar refractivity (Wildman–Crippen MR) is 58.0 cm³/mol. The first kappa shape index (κ1) is 11.1. The van der Waals surface area contributed by atoms with Crippen LogP contribution in [0, 0.1) is 18.2 Å². The summed E-state index contributed by atoms with van der Waals surface area (Å²) < 4.78 is 13.2. The smallest absolute Gasteiger partial charge is 0.221 e. The molecule has 78 valence electrons. The number of hydrogen-bond acceptors (Lipinski definition) is 2.